The monoisotopic (exact) mass is 238 g/mol. The molecular formula is C11H14N2O2S. The zero-order valence-corrected chi connectivity index (χ0v) is 9.84. The summed E-state index contributed by atoms with van der Waals surface area (Å²) in [5, 5.41) is 16.2. The zero-order chi connectivity index (χ0) is 11.4. The van der Waals surface area contributed by atoms with E-state index in [1.54, 1.807) is 6.92 Å². The molecular weight excluding hydrogens is 224 g/mol. The fraction of sp³-hybridized carbons (Fsp3) is 0.636. The molecule has 2 bridgehead atoms. The molecule has 86 valence electrons. The van der Waals surface area contributed by atoms with E-state index in [0.29, 0.717) is 27.9 Å². The van der Waals surface area contributed by atoms with E-state index < -0.39 is 0 Å². The molecule has 0 aromatic rings. The summed E-state index contributed by atoms with van der Waals surface area (Å²) in [5.41, 5.74) is 0.636. The Hall–Kier alpha value is -0.970. The van der Waals surface area contributed by atoms with E-state index in [4.69, 9.17) is 20.3 Å². The van der Waals surface area contributed by atoms with Gasteiger partial charge in [-0.1, -0.05) is 6.58 Å². The SMILES string of the molecule is C=C(C)C(=N)OC1C2CC3C(=N)OC1C3S2. The predicted molar refractivity (Wildman–Crippen MR) is 63.3 cm³/mol. The number of thioether (sulfide) groups is 1. The minimum atomic E-state index is -0.0710. The van der Waals surface area contributed by atoms with E-state index in [1.165, 1.54) is 0 Å². The van der Waals surface area contributed by atoms with Crippen LogP contribution >= 0.6 is 11.8 Å². The number of nitrogens with one attached hydrogen (secondary N) is 2. The second-order valence-electron chi connectivity index (χ2n) is 4.62. The maximum Gasteiger partial charge on any atom is 0.208 e. The van der Waals surface area contributed by atoms with Crippen molar-refractivity contribution < 1.29 is 9.47 Å². The van der Waals surface area contributed by atoms with Gasteiger partial charge in [-0.05, 0) is 13.3 Å². The number of ether oxygens (including phenoxy) is 2. The minimum Gasteiger partial charge on any atom is -0.472 e. The molecule has 4 nitrogen and oxygen atoms in total. The summed E-state index contributed by atoms with van der Waals surface area (Å²) in [6, 6.07) is 0. The lowest BCUT2D eigenvalue weighted by molar-refractivity contribution is 0.0536. The molecule has 3 fully saturated rings. The first-order valence-corrected chi connectivity index (χ1v) is 6.34. The van der Waals surface area contributed by atoms with Crippen LogP contribution in [0.3, 0.4) is 0 Å². The Balaban J connectivity index is 1.77. The third-order valence-corrected chi connectivity index (χ3v) is 5.19. The van der Waals surface area contributed by atoms with Gasteiger partial charge in [0.1, 0.15) is 0 Å². The summed E-state index contributed by atoms with van der Waals surface area (Å²) >= 11 is 1.86. The van der Waals surface area contributed by atoms with Crippen molar-refractivity contribution in [2.24, 2.45) is 5.92 Å². The normalized spacial score (nSPS) is 43.3. The van der Waals surface area contributed by atoms with Gasteiger partial charge >= 0.3 is 0 Å². The number of rotatable bonds is 2. The highest BCUT2D eigenvalue weighted by Gasteiger charge is 2.62. The zero-order valence-electron chi connectivity index (χ0n) is 9.03. The first-order chi connectivity index (χ1) is 7.58. The summed E-state index contributed by atoms with van der Waals surface area (Å²) in [5.74, 6) is 0.855. The van der Waals surface area contributed by atoms with Crippen LogP contribution in [0, 0.1) is 16.7 Å². The van der Waals surface area contributed by atoms with Crippen LogP contribution < -0.4 is 0 Å². The van der Waals surface area contributed by atoms with Gasteiger partial charge in [-0.2, -0.15) is 0 Å². The van der Waals surface area contributed by atoms with Crippen molar-refractivity contribution in [3.05, 3.63) is 12.2 Å². The van der Waals surface area contributed by atoms with Gasteiger partial charge in [0, 0.05) is 10.8 Å². The number of fused-ring (bicyclic) bond motifs is 1. The second-order valence-corrected chi connectivity index (χ2v) is 6.04. The Bertz CT molecular complexity index is 395. The molecule has 3 aliphatic heterocycles. The van der Waals surface area contributed by atoms with Crippen molar-refractivity contribution in [1.82, 2.24) is 0 Å². The summed E-state index contributed by atoms with van der Waals surface area (Å²) in [4.78, 5) is 0. The molecule has 0 amide bonds. The van der Waals surface area contributed by atoms with Crippen LogP contribution in [-0.2, 0) is 9.47 Å². The first-order valence-electron chi connectivity index (χ1n) is 5.39. The average Bonchev–Trinajstić information content (AvgIpc) is 2.81. The van der Waals surface area contributed by atoms with Crippen LogP contribution in [0.5, 0.6) is 0 Å². The Labute approximate surface area is 98.4 Å². The Morgan fingerprint density at radius 1 is 1.62 bits per heavy atom. The van der Waals surface area contributed by atoms with Gasteiger partial charge in [0.2, 0.25) is 5.90 Å². The standard InChI is InChI=1S/C11H14N2O2S/c1-4(2)10(12)14-7-6-3-5-9(16-6)8(7)15-11(5)13/h5-9,12-13H,1,3H2,2H3. The Kier molecular flexibility index (Phi) is 2.08. The van der Waals surface area contributed by atoms with Crippen molar-refractivity contribution in [2.45, 2.75) is 36.1 Å². The lowest BCUT2D eigenvalue weighted by Crippen LogP contribution is -2.40. The average molecular weight is 238 g/mol. The quantitative estimate of drug-likeness (QED) is 0.569. The molecule has 0 saturated carbocycles. The second kappa shape index (κ2) is 3.26. The molecule has 0 aromatic heterocycles. The molecule has 16 heavy (non-hydrogen) atoms. The van der Waals surface area contributed by atoms with E-state index in [-0.39, 0.29) is 18.1 Å². The molecule has 0 aromatic carbocycles. The van der Waals surface area contributed by atoms with E-state index >= 15 is 0 Å². The van der Waals surface area contributed by atoms with Gasteiger partial charge < -0.3 is 9.47 Å². The summed E-state index contributed by atoms with van der Waals surface area (Å²) in [7, 11) is 0. The third-order valence-electron chi connectivity index (χ3n) is 3.47. The maximum atomic E-state index is 7.73. The lowest BCUT2D eigenvalue weighted by atomic mass is 9.88. The smallest absolute Gasteiger partial charge is 0.208 e. The van der Waals surface area contributed by atoms with Crippen LogP contribution in [0.1, 0.15) is 13.3 Å². The van der Waals surface area contributed by atoms with Crippen molar-refractivity contribution in [2.75, 3.05) is 0 Å². The molecule has 0 radical (unpaired) electrons. The van der Waals surface area contributed by atoms with Crippen molar-refractivity contribution >= 4 is 23.6 Å². The molecule has 3 heterocycles. The maximum absolute atomic E-state index is 7.73. The molecule has 3 aliphatic rings. The van der Waals surface area contributed by atoms with Gasteiger partial charge in [-0.25, -0.2) is 0 Å². The molecule has 5 unspecified atom stereocenters. The Morgan fingerprint density at radius 2 is 2.38 bits per heavy atom. The highest BCUT2D eigenvalue weighted by Crippen LogP contribution is 2.56. The van der Waals surface area contributed by atoms with Gasteiger partial charge in [0.25, 0.3) is 0 Å². The molecule has 5 atom stereocenters. The number of hydrogen-bond donors (Lipinski definition) is 2. The van der Waals surface area contributed by atoms with Crippen molar-refractivity contribution in [3.63, 3.8) is 0 Å². The summed E-state index contributed by atoms with van der Waals surface area (Å²) < 4.78 is 11.2. The van der Waals surface area contributed by atoms with E-state index in [0.717, 1.165) is 6.42 Å². The van der Waals surface area contributed by atoms with Gasteiger partial charge in [0.05, 0.1) is 11.2 Å². The fourth-order valence-electron chi connectivity index (χ4n) is 2.66. The molecule has 0 aliphatic carbocycles. The van der Waals surface area contributed by atoms with E-state index in [9.17, 15) is 0 Å². The van der Waals surface area contributed by atoms with Crippen LogP contribution in [0.4, 0.5) is 0 Å². The molecule has 2 N–H and O–H groups in total. The molecule has 3 rings (SSSR count). The first kappa shape index (κ1) is 10.2. The van der Waals surface area contributed by atoms with Gasteiger partial charge in [0.15, 0.2) is 18.1 Å². The fourth-order valence-corrected chi connectivity index (χ4v) is 4.53. The highest BCUT2D eigenvalue weighted by molar-refractivity contribution is 8.01. The predicted octanol–water partition coefficient (Wildman–Crippen LogP) is 1.80. The van der Waals surface area contributed by atoms with Gasteiger partial charge in [-0.3, -0.25) is 10.8 Å². The molecule has 3 saturated heterocycles. The van der Waals surface area contributed by atoms with Crippen LogP contribution in [-0.4, -0.2) is 34.5 Å². The lowest BCUT2D eigenvalue weighted by Gasteiger charge is -2.25. The summed E-state index contributed by atoms with van der Waals surface area (Å²) in [6.07, 6.45) is 0.859. The Morgan fingerprint density at radius 3 is 3.06 bits per heavy atom. The third kappa shape index (κ3) is 1.24. The van der Waals surface area contributed by atoms with Crippen LogP contribution in [0.2, 0.25) is 0 Å². The molecule has 0 spiro atoms. The van der Waals surface area contributed by atoms with Crippen LogP contribution in [0.25, 0.3) is 0 Å². The summed E-state index contributed by atoms with van der Waals surface area (Å²) in [6.45, 7) is 5.46. The highest BCUT2D eigenvalue weighted by atomic mass is 32.2. The van der Waals surface area contributed by atoms with Crippen LogP contribution in [0.15, 0.2) is 12.2 Å². The largest absolute Gasteiger partial charge is 0.472 e. The van der Waals surface area contributed by atoms with Crippen molar-refractivity contribution in [3.8, 4) is 0 Å². The van der Waals surface area contributed by atoms with E-state index in [1.807, 2.05) is 11.8 Å². The van der Waals surface area contributed by atoms with Crippen molar-refractivity contribution in [1.29, 1.82) is 10.8 Å². The number of hydrogen-bond acceptors (Lipinski definition) is 5. The van der Waals surface area contributed by atoms with Gasteiger partial charge in [-0.15, -0.1) is 11.8 Å². The van der Waals surface area contributed by atoms with E-state index in [2.05, 4.69) is 6.58 Å². The molecule has 5 heteroatoms. The minimum absolute atomic E-state index is 0.0269. The topological polar surface area (TPSA) is 66.2 Å².